The second kappa shape index (κ2) is 31.9. The molecular formula is C33H66I2O2. The summed E-state index contributed by atoms with van der Waals surface area (Å²) in [5.41, 5.74) is 0.190. The predicted octanol–water partition coefficient (Wildman–Crippen LogP) is 12.3. The van der Waals surface area contributed by atoms with Crippen LogP contribution in [0, 0.1) is 5.41 Å². The Labute approximate surface area is 261 Å². The van der Waals surface area contributed by atoms with Crippen LogP contribution in [0.25, 0.3) is 0 Å². The minimum Gasteiger partial charge on any atom is -0.381 e. The van der Waals surface area contributed by atoms with E-state index in [9.17, 15) is 0 Å². The number of alkyl halides is 2. The van der Waals surface area contributed by atoms with Crippen LogP contribution >= 0.6 is 45.2 Å². The van der Waals surface area contributed by atoms with Crippen LogP contribution in [0.3, 0.4) is 0 Å². The van der Waals surface area contributed by atoms with Crippen LogP contribution in [0.2, 0.25) is 0 Å². The topological polar surface area (TPSA) is 18.5 Å². The molecule has 0 unspecified atom stereocenters. The third-order valence-corrected chi connectivity index (χ3v) is 10.9. The summed E-state index contributed by atoms with van der Waals surface area (Å²) < 4.78 is 14.5. The third kappa shape index (κ3) is 27.3. The molecule has 0 bridgehead atoms. The summed E-state index contributed by atoms with van der Waals surface area (Å²) in [6, 6.07) is 0. The van der Waals surface area contributed by atoms with E-state index in [0.29, 0.717) is 0 Å². The first kappa shape index (κ1) is 38.4. The largest absolute Gasteiger partial charge is 0.381 e. The molecule has 4 heteroatoms. The lowest BCUT2D eigenvalue weighted by atomic mass is 9.96. The summed E-state index contributed by atoms with van der Waals surface area (Å²) in [6.45, 7) is 8.15. The highest BCUT2D eigenvalue weighted by Crippen LogP contribution is 2.25. The molecule has 0 aliphatic heterocycles. The lowest BCUT2D eigenvalue weighted by Gasteiger charge is -2.29. The van der Waals surface area contributed by atoms with Gasteiger partial charge in [-0.3, -0.25) is 0 Å². The van der Waals surface area contributed by atoms with E-state index >= 15 is 0 Å². The van der Waals surface area contributed by atoms with Crippen molar-refractivity contribution in [2.45, 2.75) is 168 Å². The van der Waals surface area contributed by atoms with Gasteiger partial charge in [0.15, 0.2) is 0 Å². The second-order valence-corrected chi connectivity index (χ2v) is 13.2. The highest BCUT2D eigenvalue weighted by molar-refractivity contribution is 14.1. The van der Waals surface area contributed by atoms with Gasteiger partial charge in [0.25, 0.3) is 0 Å². The zero-order valence-electron chi connectivity index (χ0n) is 25.3. The molecule has 0 atom stereocenters. The van der Waals surface area contributed by atoms with Crippen molar-refractivity contribution in [3.63, 3.8) is 0 Å². The van der Waals surface area contributed by atoms with Crippen molar-refractivity contribution in [2.24, 2.45) is 5.41 Å². The van der Waals surface area contributed by atoms with Crippen molar-refractivity contribution < 1.29 is 9.47 Å². The molecule has 0 radical (unpaired) electrons. The molecule has 0 saturated carbocycles. The van der Waals surface area contributed by atoms with Gasteiger partial charge >= 0.3 is 0 Å². The van der Waals surface area contributed by atoms with Crippen LogP contribution in [-0.4, -0.2) is 35.3 Å². The van der Waals surface area contributed by atoms with Crippen molar-refractivity contribution in [1.29, 1.82) is 0 Å². The third-order valence-electron chi connectivity index (χ3n) is 7.67. The summed E-state index contributed by atoms with van der Waals surface area (Å²) in [4.78, 5) is 0. The zero-order valence-corrected chi connectivity index (χ0v) is 29.6. The van der Waals surface area contributed by atoms with E-state index in [-0.39, 0.29) is 5.41 Å². The number of rotatable bonds is 32. The summed E-state index contributed by atoms with van der Waals surface area (Å²) in [5, 5.41) is 0. The van der Waals surface area contributed by atoms with Gasteiger partial charge in [-0.1, -0.05) is 200 Å². The van der Waals surface area contributed by atoms with E-state index in [2.05, 4.69) is 59.0 Å². The number of hydrogen-bond donors (Lipinski definition) is 0. The lowest BCUT2D eigenvalue weighted by molar-refractivity contribution is 0.00260. The molecule has 0 N–H and O–H groups in total. The number of unbranched alkanes of at least 4 members (excludes halogenated alkanes) is 22. The van der Waals surface area contributed by atoms with E-state index in [4.69, 9.17) is 9.47 Å². The summed E-state index contributed by atoms with van der Waals surface area (Å²) in [6.07, 6.45) is 33.5. The molecule has 0 aliphatic rings. The maximum atomic E-state index is 6.15. The number of halogens is 2. The van der Waals surface area contributed by atoms with E-state index < -0.39 is 0 Å². The highest BCUT2D eigenvalue weighted by atomic mass is 127. The Morgan fingerprint density at radius 1 is 0.378 bits per heavy atom. The van der Waals surface area contributed by atoms with Crippen molar-refractivity contribution in [1.82, 2.24) is 0 Å². The normalized spacial score (nSPS) is 12.0. The Balaban J connectivity index is 3.54. The van der Waals surface area contributed by atoms with Crippen molar-refractivity contribution in [2.75, 3.05) is 35.3 Å². The van der Waals surface area contributed by atoms with Crippen molar-refractivity contribution >= 4 is 45.2 Å². The molecule has 0 heterocycles. The molecule has 0 aromatic heterocycles. The molecule has 2 nitrogen and oxygen atoms in total. The fraction of sp³-hybridized carbons (Fsp3) is 1.00. The molecule has 0 aliphatic carbocycles. The van der Waals surface area contributed by atoms with Gasteiger partial charge in [-0.15, -0.1) is 0 Å². The average Bonchev–Trinajstić information content (AvgIpc) is 2.92. The van der Waals surface area contributed by atoms with Gasteiger partial charge in [-0.25, -0.2) is 0 Å². The van der Waals surface area contributed by atoms with Gasteiger partial charge in [0, 0.05) is 27.5 Å². The number of hydrogen-bond acceptors (Lipinski definition) is 2. The Morgan fingerprint density at radius 3 is 0.865 bits per heavy atom. The Bertz CT molecular complexity index is 381. The fourth-order valence-corrected chi connectivity index (χ4v) is 7.35. The molecule has 37 heavy (non-hydrogen) atoms. The summed E-state index contributed by atoms with van der Waals surface area (Å²) >= 11 is 5.07. The second-order valence-electron chi connectivity index (χ2n) is 11.7. The molecule has 0 aromatic carbocycles. The summed E-state index contributed by atoms with van der Waals surface area (Å²) in [5.74, 6) is 0. The predicted molar refractivity (Wildman–Crippen MR) is 184 cm³/mol. The van der Waals surface area contributed by atoms with Gasteiger partial charge in [0.1, 0.15) is 0 Å². The van der Waals surface area contributed by atoms with Crippen LogP contribution in [0.15, 0.2) is 0 Å². The van der Waals surface area contributed by atoms with E-state index in [1.54, 1.807) is 0 Å². The highest BCUT2D eigenvalue weighted by Gasteiger charge is 2.28. The van der Waals surface area contributed by atoms with Crippen molar-refractivity contribution in [3.05, 3.63) is 0 Å². The minimum absolute atomic E-state index is 0.190. The quantitative estimate of drug-likeness (QED) is 0.0387. The van der Waals surface area contributed by atoms with E-state index in [0.717, 1.165) is 35.3 Å². The molecule has 0 amide bonds. The van der Waals surface area contributed by atoms with Crippen molar-refractivity contribution in [3.8, 4) is 0 Å². The molecule has 224 valence electrons. The van der Waals surface area contributed by atoms with E-state index in [1.165, 1.54) is 154 Å². The first-order valence-corrected chi connectivity index (χ1v) is 19.6. The molecule has 0 rings (SSSR count). The zero-order chi connectivity index (χ0) is 27.1. The summed E-state index contributed by atoms with van der Waals surface area (Å²) in [7, 11) is 0. The van der Waals surface area contributed by atoms with Gasteiger partial charge in [0.05, 0.1) is 13.2 Å². The minimum atomic E-state index is 0.190. The SMILES string of the molecule is CCCCCCCCCCCCCCOCC(CI)(CI)COCCCCCCCCCCCCCC. The van der Waals surface area contributed by atoms with E-state index in [1.807, 2.05) is 0 Å². The lowest BCUT2D eigenvalue weighted by Crippen LogP contribution is -2.36. The van der Waals surface area contributed by atoms with Gasteiger partial charge in [-0.2, -0.15) is 0 Å². The molecule has 0 spiro atoms. The van der Waals surface area contributed by atoms with Crippen LogP contribution in [0.1, 0.15) is 168 Å². The first-order chi connectivity index (χ1) is 18.2. The first-order valence-electron chi connectivity index (χ1n) is 16.5. The van der Waals surface area contributed by atoms with Crippen LogP contribution in [0.4, 0.5) is 0 Å². The fourth-order valence-electron chi connectivity index (χ4n) is 4.90. The van der Waals surface area contributed by atoms with Gasteiger partial charge in [-0.05, 0) is 12.8 Å². The molecule has 0 fully saturated rings. The molecule has 0 aromatic rings. The monoisotopic (exact) mass is 748 g/mol. The molecule has 0 saturated heterocycles. The van der Waals surface area contributed by atoms with Gasteiger partial charge in [0.2, 0.25) is 0 Å². The Kier molecular flexibility index (Phi) is 33.1. The average molecular weight is 749 g/mol. The Morgan fingerprint density at radius 2 is 0.622 bits per heavy atom. The number of ether oxygens (including phenoxy) is 2. The van der Waals surface area contributed by atoms with Crippen LogP contribution in [-0.2, 0) is 9.47 Å². The Hall–Kier alpha value is 1.38. The van der Waals surface area contributed by atoms with Crippen LogP contribution < -0.4 is 0 Å². The van der Waals surface area contributed by atoms with Crippen LogP contribution in [0.5, 0.6) is 0 Å². The standard InChI is InChI=1S/C33H66I2O2/c1-3-5-7-9-11-13-15-17-19-21-23-25-27-36-31-33(29-34,30-35)32-37-28-26-24-22-20-18-16-14-12-10-8-6-4-2/h3-32H2,1-2H3. The molecular weight excluding hydrogens is 682 g/mol. The van der Waals surface area contributed by atoms with Gasteiger partial charge < -0.3 is 9.47 Å². The maximum absolute atomic E-state index is 6.15. The smallest absolute Gasteiger partial charge is 0.0559 e. The maximum Gasteiger partial charge on any atom is 0.0559 e.